The Morgan fingerprint density at radius 3 is 2.32 bits per heavy atom. The minimum atomic E-state index is -3.79. The molecule has 0 saturated carbocycles. The van der Waals surface area contributed by atoms with E-state index in [4.69, 9.17) is 4.74 Å². The molecule has 3 aromatic carbocycles. The first-order valence-electron chi connectivity index (χ1n) is 13.1. The summed E-state index contributed by atoms with van der Waals surface area (Å²) in [5.74, 6) is -0.131. The molecular formula is C30H35N3O4S. The van der Waals surface area contributed by atoms with Crippen LogP contribution in [0.25, 0.3) is 0 Å². The molecule has 200 valence electrons. The number of rotatable bonds is 6. The third kappa shape index (κ3) is 5.15. The fourth-order valence-corrected chi connectivity index (χ4v) is 7.15. The number of amides is 1. The molecule has 7 nitrogen and oxygen atoms in total. The number of methoxy groups -OCH3 is 1. The smallest absolute Gasteiger partial charge is 0.243 e. The molecule has 2 aliphatic heterocycles. The summed E-state index contributed by atoms with van der Waals surface area (Å²) in [7, 11) is -2.27. The van der Waals surface area contributed by atoms with Crippen LogP contribution in [0.15, 0.2) is 77.7 Å². The van der Waals surface area contributed by atoms with Crippen LogP contribution in [0.2, 0.25) is 0 Å². The Morgan fingerprint density at radius 2 is 1.61 bits per heavy atom. The van der Waals surface area contributed by atoms with Crippen LogP contribution >= 0.6 is 0 Å². The number of carbonyl (C=O) groups is 1. The first-order valence-corrected chi connectivity index (χ1v) is 14.5. The van der Waals surface area contributed by atoms with Crippen molar-refractivity contribution in [1.29, 1.82) is 0 Å². The Morgan fingerprint density at radius 1 is 0.868 bits per heavy atom. The van der Waals surface area contributed by atoms with Crippen molar-refractivity contribution in [3.05, 3.63) is 89.5 Å². The SMILES string of the molecule is COc1cccc(S(=O)(=O)N2C[C@H](C(=O)N3CCN(c4cc(C)ccc4C)CC3)[C@@H](c3ccccc3)C2)c1. The van der Waals surface area contributed by atoms with Crippen molar-refractivity contribution >= 4 is 21.6 Å². The molecule has 2 atom stereocenters. The van der Waals surface area contributed by atoms with Gasteiger partial charge in [-0.1, -0.05) is 48.5 Å². The summed E-state index contributed by atoms with van der Waals surface area (Å²) in [4.78, 5) is 18.4. The van der Waals surface area contributed by atoms with Crippen molar-refractivity contribution in [3.63, 3.8) is 0 Å². The second-order valence-corrected chi connectivity index (χ2v) is 12.2. The number of carbonyl (C=O) groups excluding carboxylic acids is 1. The zero-order valence-corrected chi connectivity index (χ0v) is 23.0. The van der Waals surface area contributed by atoms with Crippen molar-refractivity contribution in [2.24, 2.45) is 5.92 Å². The summed E-state index contributed by atoms with van der Waals surface area (Å²) < 4.78 is 34.0. The van der Waals surface area contributed by atoms with Gasteiger partial charge >= 0.3 is 0 Å². The molecule has 0 aromatic heterocycles. The third-order valence-electron chi connectivity index (χ3n) is 7.81. The van der Waals surface area contributed by atoms with Gasteiger partial charge in [0.2, 0.25) is 15.9 Å². The van der Waals surface area contributed by atoms with Crippen LogP contribution in [0.5, 0.6) is 5.75 Å². The molecule has 0 unspecified atom stereocenters. The summed E-state index contributed by atoms with van der Waals surface area (Å²) in [5.41, 5.74) is 4.66. The summed E-state index contributed by atoms with van der Waals surface area (Å²) in [6.45, 7) is 7.39. The van der Waals surface area contributed by atoms with Gasteiger partial charge in [-0.2, -0.15) is 4.31 Å². The van der Waals surface area contributed by atoms with Gasteiger partial charge in [0.05, 0.1) is 17.9 Å². The fourth-order valence-electron chi connectivity index (χ4n) is 5.63. The lowest BCUT2D eigenvalue weighted by Crippen LogP contribution is -2.51. The maximum absolute atomic E-state index is 13.9. The molecule has 0 radical (unpaired) electrons. The van der Waals surface area contributed by atoms with E-state index in [9.17, 15) is 13.2 Å². The van der Waals surface area contributed by atoms with Gasteiger partial charge in [-0.3, -0.25) is 4.79 Å². The average molecular weight is 534 g/mol. The first kappa shape index (κ1) is 26.3. The van der Waals surface area contributed by atoms with Crippen LogP contribution in [0.1, 0.15) is 22.6 Å². The molecule has 38 heavy (non-hydrogen) atoms. The standard InChI is InChI=1S/C30H35N3O4S/c1-22-12-13-23(2)29(18-22)31-14-16-32(17-15-31)30(34)28-21-33(20-27(28)24-8-5-4-6-9-24)38(35,36)26-11-7-10-25(19-26)37-3/h4-13,18-19,27-28H,14-17,20-21H2,1-3H3/t27-,28+/m1/s1. The summed E-state index contributed by atoms with van der Waals surface area (Å²) in [6, 6.07) is 22.8. The molecular weight excluding hydrogens is 498 g/mol. The Hall–Kier alpha value is -3.36. The van der Waals surface area contributed by atoms with Crippen LogP contribution in [-0.2, 0) is 14.8 Å². The molecule has 3 aromatic rings. The summed E-state index contributed by atoms with van der Waals surface area (Å²) in [6.07, 6.45) is 0. The lowest BCUT2D eigenvalue weighted by molar-refractivity contribution is -0.135. The Bertz CT molecular complexity index is 1400. The van der Waals surface area contributed by atoms with Crippen LogP contribution < -0.4 is 9.64 Å². The van der Waals surface area contributed by atoms with Crippen LogP contribution in [0.4, 0.5) is 5.69 Å². The molecule has 5 rings (SSSR count). The van der Waals surface area contributed by atoms with Gasteiger partial charge < -0.3 is 14.5 Å². The van der Waals surface area contributed by atoms with E-state index in [1.807, 2.05) is 35.2 Å². The molecule has 2 saturated heterocycles. The molecule has 0 N–H and O–H groups in total. The predicted octanol–water partition coefficient (Wildman–Crippen LogP) is 4.07. The van der Waals surface area contributed by atoms with Gasteiger partial charge in [0.15, 0.2) is 0 Å². The number of ether oxygens (including phenoxy) is 1. The fraction of sp³-hybridized carbons (Fsp3) is 0.367. The Labute approximate surface area is 225 Å². The minimum absolute atomic E-state index is 0.0304. The van der Waals surface area contributed by atoms with Crippen LogP contribution in [-0.4, -0.2) is 69.9 Å². The number of hydrogen-bond acceptors (Lipinski definition) is 5. The molecule has 2 fully saturated rings. The highest BCUT2D eigenvalue weighted by Crippen LogP contribution is 2.37. The van der Waals surface area contributed by atoms with E-state index in [1.165, 1.54) is 34.3 Å². The predicted molar refractivity (Wildman–Crippen MR) is 149 cm³/mol. The van der Waals surface area contributed by atoms with Crippen LogP contribution in [0, 0.1) is 19.8 Å². The highest BCUT2D eigenvalue weighted by atomic mass is 32.2. The Balaban J connectivity index is 1.36. The zero-order valence-electron chi connectivity index (χ0n) is 22.2. The number of aryl methyl sites for hydroxylation is 2. The van der Waals surface area contributed by atoms with Gasteiger partial charge in [0.1, 0.15) is 5.75 Å². The quantitative estimate of drug-likeness (QED) is 0.478. The van der Waals surface area contributed by atoms with Crippen molar-refractivity contribution in [2.75, 3.05) is 51.3 Å². The van der Waals surface area contributed by atoms with E-state index in [-0.39, 0.29) is 29.8 Å². The van der Waals surface area contributed by atoms with Gasteiger partial charge in [-0.25, -0.2) is 8.42 Å². The second kappa shape index (κ2) is 10.8. The second-order valence-electron chi connectivity index (χ2n) is 10.2. The molecule has 1 amide bonds. The van der Waals surface area contributed by atoms with Crippen molar-refractivity contribution < 1.29 is 17.9 Å². The van der Waals surface area contributed by atoms with E-state index in [0.717, 1.165) is 18.7 Å². The van der Waals surface area contributed by atoms with E-state index in [0.29, 0.717) is 18.8 Å². The molecule has 0 aliphatic carbocycles. The highest BCUT2D eigenvalue weighted by Gasteiger charge is 2.45. The lowest BCUT2D eigenvalue weighted by Gasteiger charge is -2.38. The number of nitrogens with zero attached hydrogens (tertiary/aromatic N) is 3. The number of benzene rings is 3. The first-order chi connectivity index (χ1) is 18.3. The molecule has 2 aliphatic rings. The van der Waals surface area contributed by atoms with Gasteiger partial charge in [-0.15, -0.1) is 0 Å². The largest absolute Gasteiger partial charge is 0.497 e. The average Bonchev–Trinajstić information content (AvgIpc) is 3.41. The maximum Gasteiger partial charge on any atom is 0.243 e. The topological polar surface area (TPSA) is 70.2 Å². The van der Waals surface area contributed by atoms with Gasteiger partial charge in [-0.05, 0) is 48.7 Å². The van der Waals surface area contributed by atoms with Crippen molar-refractivity contribution in [3.8, 4) is 5.75 Å². The van der Waals surface area contributed by atoms with Crippen molar-refractivity contribution in [1.82, 2.24) is 9.21 Å². The normalized spacial score (nSPS) is 20.5. The summed E-state index contributed by atoms with van der Waals surface area (Å²) >= 11 is 0. The monoisotopic (exact) mass is 533 g/mol. The molecule has 0 bridgehead atoms. The van der Waals surface area contributed by atoms with E-state index in [2.05, 4.69) is 36.9 Å². The number of anilines is 1. The number of sulfonamides is 1. The summed E-state index contributed by atoms with van der Waals surface area (Å²) in [5, 5.41) is 0. The third-order valence-corrected chi connectivity index (χ3v) is 9.63. The van der Waals surface area contributed by atoms with E-state index < -0.39 is 15.9 Å². The Kier molecular flexibility index (Phi) is 7.45. The van der Waals surface area contributed by atoms with Crippen LogP contribution in [0.3, 0.4) is 0 Å². The highest BCUT2D eigenvalue weighted by molar-refractivity contribution is 7.89. The number of hydrogen-bond donors (Lipinski definition) is 0. The maximum atomic E-state index is 13.9. The number of piperazine rings is 1. The van der Waals surface area contributed by atoms with E-state index >= 15 is 0 Å². The lowest BCUT2D eigenvalue weighted by atomic mass is 9.88. The zero-order chi connectivity index (χ0) is 26.9. The minimum Gasteiger partial charge on any atom is -0.497 e. The van der Waals surface area contributed by atoms with E-state index in [1.54, 1.807) is 18.2 Å². The molecule has 8 heteroatoms. The van der Waals surface area contributed by atoms with Gasteiger partial charge in [0, 0.05) is 56.9 Å². The van der Waals surface area contributed by atoms with Crippen molar-refractivity contribution in [2.45, 2.75) is 24.7 Å². The van der Waals surface area contributed by atoms with Gasteiger partial charge in [0.25, 0.3) is 0 Å². The molecule has 2 heterocycles. The molecule has 0 spiro atoms.